The third kappa shape index (κ3) is 5.49. The summed E-state index contributed by atoms with van der Waals surface area (Å²) in [6.07, 6.45) is -15.5. The molecule has 0 radical (unpaired) electrons. The molecule has 8 N–H and O–H groups in total. The Labute approximate surface area is 231 Å². The second kappa shape index (κ2) is 11.5. The molecule has 2 aliphatic rings. The number of aromatic hydroxyl groups is 2. The van der Waals surface area contributed by atoms with Crippen molar-refractivity contribution >= 4 is 11.0 Å². The van der Waals surface area contributed by atoms with Crippen LogP contribution in [-0.4, -0.2) is 109 Å². The molecule has 10 atom stereocenters. The molecule has 5 rings (SSSR count). The molecule has 41 heavy (non-hydrogen) atoms. The summed E-state index contributed by atoms with van der Waals surface area (Å²) in [6.45, 7) is 0.907. The summed E-state index contributed by atoms with van der Waals surface area (Å²) in [5.41, 5.74) is -0.682. The lowest BCUT2D eigenvalue weighted by atomic mass is 9.98. The van der Waals surface area contributed by atoms with Gasteiger partial charge in [-0.25, -0.2) is 0 Å². The highest BCUT2D eigenvalue weighted by Crippen LogP contribution is 2.37. The van der Waals surface area contributed by atoms with Crippen LogP contribution in [0.3, 0.4) is 0 Å². The Morgan fingerprint density at radius 3 is 2.17 bits per heavy atom. The van der Waals surface area contributed by atoms with Gasteiger partial charge in [-0.2, -0.15) is 0 Å². The second-order valence-corrected chi connectivity index (χ2v) is 9.94. The first kappa shape index (κ1) is 29.2. The van der Waals surface area contributed by atoms with E-state index < -0.39 is 84.9 Å². The van der Waals surface area contributed by atoms with Gasteiger partial charge in [-0.1, -0.05) is 30.3 Å². The van der Waals surface area contributed by atoms with Gasteiger partial charge in [0.1, 0.15) is 65.2 Å². The lowest BCUT2D eigenvalue weighted by Crippen LogP contribution is -2.61. The predicted molar refractivity (Wildman–Crippen MR) is 137 cm³/mol. The van der Waals surface area contributed by atoms with Crippen LogP contribution >= 0.6 is 0 Å². The summed E-state index contributed by atoms with van der Waals surface area (Å²) >= 11 is 0. The molecule has 0 amide bonds. The van der Waals surface area contributed by atoms with Crippen LogP contribution in [0.4, 0.5) is 0 Å². The van der Waals surface area contributed by atoms with Crippen LogP contribution in [0.1, 0.15) is 6.92 Å². The molecular formula is C27H30O14. The van der Waals surface area contributed by atoms with Gasteiger partial charge in [0.05, 0.1) is 12.7 Å². The third-order valence-electron chi connectivity index (χ3n) is 7.09. The Morgan fingerprint density at radius 2 is 1.46 bits per heavy atom. The van der Waals surface area contributed by atoms with Gasteiger partial charge < -0.3 is 64.2 Å². The van der Waals surface area contributed by atoms with Gasteiger partial charge >= 0.3 is 0 Å². The number of benzene rings is 2. The van der Waals surface area contributed by atoms with E-state index in [2.05, 4.69) is 0 Å². The van der Waals surface area contributed by atoms with Crippen LogP contribution in [0.5, 0.6) is 17.2 Å². The van der Waals surface area contributed by atoms with Gasteiger partial charge in [-0.3, -0.25) is 4.79 Å². The van der Waals surface area contributed by atoms with Crippen molar-refractivity contribution in [3.8, 4) is 28.6 Å². The first-order chi connectivity index (χ1) is 19.5. The van der Waals surface area contributed by atoms with Crippen LogP contribution in [0.15, 0.2) is 51.7 Å². The van der Waals surface area contributed by atoms with Crippen molar-refractivity contribution in [3.05, 3.63) is 52.7 Å². The van der Waals surface area contributed by atoms with Crippen LogP contribution in [0.2, 0.25) is 0 Å². The fraction of sp³-hybridized carbons (Fsp3) is 0.444. The van der Waals surface area contributed by atoms with Gasteiger partial charge in [-0.15, -0.1) is 0 Å². The van der Waals surface area contributed by atoms with Crippen LogP contribution in [0, 0.1) is 0 Å². The van der Waals surface area contributed by atoms with E-state index in [-0.39, 0.29) is 22.5 Å². The van der Waals surface area contributed by atoms with E-state index >= 15 is 0 Å². The van der Waals surface area contributed by atoms with Gasteiger partial charge in [0.2, 0.25) is 17.5 Å². The van der Waals surface area contributed by atoms with Gasteiger partial charge in [-0.05, 0) is 6.92 Å². The average molecular weight is 579 g/mol. The van der Waals surface area contributed by atoms with Gasteiger partial charge in [0.15, 0.2) is 12.1 Å². The number of phenols is 2. The molecule has 5 unspecified atom stereocenters. The Morgan fingerprint density at radius 1 is 0.805 bits per heavy atom. The summed E-state index contributed by atoms with van der Waals surface area (Å²) in [4.78, 5) is 13.5. The summed E-state index contributed by atoms with van der Waals surface area (Å²) in [5.74, 6) is -1.61. The van der Waals surface area contributed by atoms with Crippen molar-refractivity contribution in [3.63, 3.8) is 0 Å². The van der Waals surface area contributed by atoms with Crippen molar-refractivity contribution in [2.24, 2.45) is 0 Å². The van der Waals surface area contributed by atoms with Gasteiger partial charge in [0, 0.05) is 17.7 Å². The minimum absolute atomic E-state index is 0.141. The minimum atomic E-state index is -1.87. The zero-order valence-corrected chi connectivity index (χ0v) is 21.5. The van der Waals surface area contributed by atoms with E-state index in [9.17, 15) is 45.6 Å². The summed E-state index contributed by atoms with van der Waals surface area (Å²) in [5, 5.41) is 81.7. The number of phenolic OH excluding ortho intramolecular Hbond substituents is 2. The maximum Gasteiger partial charge on any atom is 0.239 e. The molecule has 2 aromatic carbocycles. The Kier molecular flexibility index (Phi) is 8.20. The molecule has 0 aliphatic carbocycles. The first-order valence-corrected chi connectivity index (χ1v) is 12.7. The van der Waals surface area contributed by atoms with E-state index in [1.165, 1.54) is 6.92 Å². The molecule has 2 aliphatic heterocycles. The number of aliphatic hydroxyl groups excluding tert-OH is 6. The van der Waals surface area contributed by atoms with E-state index in [1.807, 2.05) is 0 Å². The van der Waals surface area contributed by atoms with Crippen molar-refractivity contribution in [1.29, 1.82) is 0 Å². The highest BCUT2D eigenvalue weighted by atomic mass is 16.7. The molecule has 3 heterocycles. The zero-order chi connectivity index (χ0) is 29.6. The van der Waals surface area contributed by atoms with E-state index in [4.69, 9.17) is 23.4 Å². The molecule has 0 spiro atoms. The molecule has 3 aromatic rings. The van der Waals surface area contributed by atoms with Crippen molar-refractivity contribution in [2.45, 2.75) is 68.3 Å². The largest absolute Gasteiger partial charge is 0.508 e. The normalized spacial score (nSPS) is 34.0. The minimum Gasteiger partial charge on any atom is -0.508 e. The number of ether oxygens (including phenoxy) is 4. The maximum absolute atomic E-state index is 13.5. The van der Waals surface area contributed by atoms with Crippen molar-refractivity contribution < 1.29 is 64.2 Å². The fourth-order valence-electron chi connectivity index (χ4n) is 4.76. The van der Waals surface area contributed by atoms with Crippen LogP contribution in [0.25, 0.3) is 22.3 Å². The monoisotopic (exact) mass is 578 g/mol. The molecular weight excluding hydrogens is 548 g/mol. The lowest BCUT2D eigenvalue weighted by Gasteiger charge is -2.42. The number of fused-ring (bicyclic) bond motifs is 1. The SMILES string of the molecule is CC1O[C@@H](OCC2O[C@@H](Oc3c(-c4ccccc4)oc4cc(O)cc(O)c4c3=O)C(O)C(O)[C@@H]2O)C(O)[C@@H](O)[C@H]1O. The molecule has 222 valence electrons. The number of hydrogen-bond donors (Lipinski definition) is 8. The zero-order valence-electron chi connectivity index (χ0n) is 21.5. The van der Waals surface area contributed by atoms with E-state index in [0.717, 1.165) is 12.1 Å². The standard InChI is InChI=1S/C27H30O14/c1-10-17(30)20(33)22(35)26(38-10)37-9-15-18(31)21(34)23(36)27(40-15)41-25-19(32)16-13(29)7-12(28)8-14(16)39-24(25)11-5-3-2-4-6-11/h2-8,10,15,17-18,20-23,26-31,33-36H,9H2,1H3/t10?,15?,17-,18+,20-,21?,22?,23?,26+,27-/m0/s1. The average Bonchev–Trinajstić information content (AvgIpc) is 2.95. The molecule has 14 heteroatoms. The molecule has 1 aromatic heterocycles. The second-order valence-electron chi connectivity index (χ2n) is 9.94. The van der Waals surface area contributed by atoms with Crippen LogP contribution in [-0.2, 0) is 14.2 Å². The molecule has 2 saturated heterocycles. The lowest BCUT2D eigenvalue weighted by molar-refractivity contribution is -0.318. The Hall–Kier alpha value is -3.31. The van der Waals surface area contributed by atoms with Gasteiger partial charge in [0.25, 0.3) is 0 Å². The quantitative estimate of drug-likeness (QED) is 0.174. The highest BCUT2D eigenvalue weighted by molar-refractivity contribution is 5.88. The summed E-state index contributed by atoms with van der Waals surface area (Å²) in [7, 11) is 0. The van der Waals surface area contributed by atoms with Crippen LogP contribution < -0.4 is 10.2 Å². The topological polar surface area (TPSA) is 229 Å². The summed E-state index contributed by atoms with van der Waals surface area (Å²) in [6, 6.07) is 10.3. The maximum atomic E-state index is 13.5. The number of hydrogen-bond acceptors (Lipinski definition) is 14. The van der Waals surface area contributed by atoms with E-state index in [1.54, 1.807) is 30.3 Å². The summed E-state index contributed by atoms with van der Waals surface area (Å²) < 4.78 is 28.1. The number of aliphatic hydroxyl groups is 6. The van der Waals surface area contributed by atoms with Crippen molar-refractivity contribution in [1.82, 2.24) is 0 Å². The van der Waals surface area contributed by atoms with Crippen molar-refractivity contribution in [2.75, 3.05) is 6.61 Å². The molecule has 0 bridgehead atoms. The fourth-order valence-corrected chi connectivity index (χ4v) is 4.76. The third-order valence-corrected chi connectivity index (χ3v) is 7.09. The predicted octanol–water partition coefficient (Wildman–Crippen LogP) is -1.10. The smallest absolute Gasteiger partial charge is 0.239 e. The first-order valence-electron chi connectivity index (χ1n) is 12.7. The highest BCUT2D eigenvalue weighted by Gasteiger charge is 2.47. The molecule has 2 fully saturated rings. The van der Waals surface area contributed by atoms with E-state index in [0.29, 0.717) is 5.56 Å². The Bertz CT molecular complexity index is 1430. The Balaban J connectivity index is 1.45. The molecule has 0 saturated carbocycles. The molecule has 14 nitrogen and oxygen atoms in total. The number of rotatable bonds is 6.